The van der Waals surface area contributed by atoms with Crippen LogP contribution in [0.2, 0.25) is 0 Å². The highest BCUT2D eigenvalue weighted by atomic mass is 79.9. The average Bonchev–Trinajstić information content (AvgIpc) is 3.29. The quantitative estimate of drug-likeness (QED) is 0.597. The number of nitrogens with zero attached hydrogens (tertiary/aromatic N) is 3. The van der Waals surface area contributed by atoms with Gasteiger partial charge in [0.15, 0.2) is 0 Å². The SMILES string of the molecule is O=C(NCCCn1ccc2cccnc21)C1CC(=O)N(c2cccc(Br)c2)C1. The maximum atomic E-state index is 12.5. The molecule has 1 unspecified atom stereocenters. The zero-order valence-electron chi connectivity index (χ0n) is 15.3. The molecule has 2 aromatic heterocycles. The first kappa shape index (κ1) is 18.7. The molecule has 6 nitrogen and oxygen atoms in total. The van der Waals surface area contributed by atoms with Gasteiger partial charge >= 0.3 is 0 Å². The Hall–Kier alpha value is -2.67. The van der Waals surface area contributed by atoms with Gasteiger partial charge in [-0.1, -0.05) is 22.0 Å². The van der Waals surface area contributed by atoms with E-state index in [0.29, 0.717) is 13.1 Å². The lowest BCUT2D eigenvalue weighted by atomic mass is 10.1. The van der Waals surface area contributed by atoms with E-state index in [1.807, 2.05) is 48.7 Å². The number of fused-ring (bicyclic) bond motifs is 1. The molecule has 1 atom stereocenters. The maximum absolute atomic E-state index is 12.5. The molecule has 0 saturated carbocycles. The maximum Gasteiger partial charge on any atom is 0.227 e. The minimum absolute atomic E-state index is 0.0110. The zero-order valence-corrected chi connectivity index (χ0v) is 16.9. The van der Waals surface area contributed by atoms with Crippen LogP contribution in [0.5, 0.6) is 0 Å². The smallest absolute Gasteiger partial charge is 0.227 e. The van der Waals surface area contributed by atoms with E-state index in [1.54, 1.807) is 11.1 Å². The van der Waals surface area contributed by atoms with Gasteiger partial charge in [-0.3, -0.25) is 9.59 Å². The molecule has 1 aliphatic heterocycles. The Bertz CT molecular complexity index is 1020. The number of aryl methyl sites for hydroxylation is 1. The summed E-state index contributed by atoms with van der Waals surface area (Å²) >= 11 is 3.42. The average molecular weight is 441 g/mol. The third kappa shape index (κ3) is 3.94. The number of hydrogen-bond acceptors (Lipinski definition) is 3. The van der Waals surface area contributed by atoms with E-state index in [4.69, 9.17) is 0 Å². The first-order valence-corrected chi connectivity index (χ1v) is 10.1. The van der Waals surface area contributed by atoms with Crippen LogP contribution in [0.3, 0.4) is 0 Å². The Morgan fingerprint density at radius 3 is 3.00 bits per heavy atom. The predicted octanol–water partition coefficient (Wildman–Crippen LogP) is 3.36. The van der Waals surface area contributed by atoms with Gasteiger partial charge in [-0.15, -0.1) is 0 Å². The number of rotatable bonds is 6. The van der Waals surface area contributed by atoms with Crippen LogP contribution < -0.4 is 10.2 Å². The molecule has 0 aliphatic carbocycles. The van der Waals surface area contributed by atoms with E-state index >= 15 is 0 Å². The highest BCUT2D eigenvalue weighted by Gasteiger charge is 2.34. The number of aromatic nitrogens is 2. The first-order valence-electron chi connectivity index (χ1n) is 9.35. The van der Waals surface area contributed by atoms with Gasteiger partial charge in [0, 0.05) is 54.0 Å². The minimum Gasteiger partial charge on any atom is -0.356 e. The highest BCUT2D eigenvalue weighted by Crippen LogP contribution is 2.27. The molecule has 1 aromatic carbocycles. The fourth-order valence-corrected chi connectivity index (χ4v) is 3.97. The number of benzene rings is 1. The van der Waals surface area contributed by atoms with Crippen molar-refractivity contribution in [2.45, 2.75) is 19.4 Å². The van der Waals surface area contributed by atoms with Gasteiger partial charge < -0.3 is 14.8 Å². The molecule has 144 valence electrons. The first-order chi connectivity index (χ1) is 13.6. The second kappa shape index (κ2) is 8.14. The molecule has 2 amide bonds. The number of halogens is 1. The number of nitrogens with one attached hydrogen (secondary N) is 1. The van der Waals surface area contributed by atoms with Gasteiger partial charge in [-0.25, -0.2) is 4.98 Å². The van der Waals surface area contributed by atoms with Gasteiger partial charge in [-0.05, 0) is 42.8 Å². The van der Waals surface area contributed by atoms with Crippen molar-refractivity contribution in [3.05, 3.63) is 59.3 Å². The van der Waals surface area contributed by atoms with Crippen LogP contribution in [-0.4, -0.2) is 34.5 Å². The van der Waals surface area contributed by atoms with Crippen LogP contribution in [0.15, 0.2) is 59.3 Å². The van der Waals surface area contributed by atoms with Crippen molar-refractivity contribution in [2.75, 3.05) is 18.0 Å². The predicted molar refractivity (Wildman–Crippen MR) is 112 cm³/mol. The summed E-state index contributed by atoms with van der Waals surface area (Å²) in [5.74, 6) is -0.370. The summed E-state index contributed by atoms with van der Waals surface area (Å²) < 4.78 is 3.01. The third-order valence-corrected chi connectivity index (χ3v) is 5.51. The van der Waals surface area contributed by atoms with E-state index in [1.165, 1.54) is 0 Å². The highest BCUT2D eigenvalue weighted by molar-refractivity contribution is 9.10. The van der Waals surface area contributed by atoms with Gasteiger partial charge in [0.2, 0.25) is 11.8 Å². The van der Waals surface area contributed by atoms with E-state index < -0.39 is 0 Å². The van der Waals surface area contributed by atoms with Crippen molar-refractivity contribution in [3.63, 3.8) is 0 Å². The molecule has 7 heteroatoms. The fourth-order valence-electron chi connectivity index (χ4n) is 3.58. The molecule has 4 rings (SSSR count). The monoisotopic (exact) mass is 440 g/mol. The van der Waals surface area contributed by atoms with Crippen molar-refractivity contribution in [2.24, 2.45) is 5.92 Å². The molecule has 3 aromatic rings. The van der Waals surface area contributed by atoms with Crippen molar-refractivity contribution in [3.8, 4) is 0 Å². The normalized spacial score (nSPS) is 16.7. The number of carbonyl (C=O) groups excluding carboxylic acids is 2. The standard InChI is InChI=1S/C21H21BrN4O2/c22-17-5-1-6-18(13-17)26-14-16(12-19(26)27)21(28)24-9-3-10-25-11-7-15-4-2-8-23-20(15)25/h1-2,4-8,11,13,16H,3,9-10,12,14H2,(H,24,28). The van der Waals surface area contributed by atoms with Gasteiger partial charge in [0.1, 0.15) is 5.65 Å². The Balaban J connectivity index is 1.28. The van der Waals surface area contributed by atoms with E-state index in [0.717, 1.165) is 34.2 Å². The molecule has 0 spiro atoms. The summed E-state index contributed by atoms with van der Waals surface area (Å²) in [4.78, 5) is 30.9. The molecule has 1 aliphatic rings. The Morgan fingerprint density at radius 2 is 2.14 bits per heavy atom. The molecular formula is C21H21BrN4O2. The topological polar surface area (TPSA) is 67.2 Å². The summed E-state index contributed by atoms with van der Waals surface area (Å²) in [6, 6.07) is 13.6. The molecule has 1 fully saturated rings. The number of anilines is 1. The lowest BCUT2D eigenvalue weighted by molar-refractivity contribution is -0.126. The van der Waals surface area contributed by atoms with Gasteiger partial charge in [0.05, 0.1) is 5.92 Å². The second-order valence-electron chi connectivity index (χ2n) is 6.96. The van der Waals surface area contributed by atoms with E-state index in [-0.39, 0.29) is 24.2 Å². The molecular weight excluding hydrogens is 420 g/mol. The van der Waals surface area contributed by atoms with Crippen LogP contribution in [0.1, 0.15) is 12.8 Å². The number of carbonyl (C=O) groups is 2. The molecule has 28 heavy (non-hydrogen) atoms. The molecule has 0 bridgehead atoms. The zero-order chi connectivity index (χ0) is 19.5. The summed E-state index contributed by atoms with van der Waals surface area (Å²) in [6.45, 7) is 1.79. The van der Waals surface area contributed by atoms with Crippen molar-refractivity contribution < 1.29 is 9.59 Å². The van der Waals surface area contributed by atoms with Gasteiger partial charge in [-0.2, -0.15) is 0 Å². The summed E-state index contributed by atoms with van der Waals surface area (Å²) in [5.41, 5.74) is 1.78. The second-order valence-corrected chi connectivity index (χ2v) is 7.87. The summed E-state index contributed by atoms with van der Waals surface area (Å²) in [7, 11) is 0. The van der Waals surface area contributed by atoms with Crippen molar-refractivity contribution in [1.29, 1.82) is 0 Å². The largest absolute Gasteiger partial charge is 0.356 e. The number of hydrogen-bond donors (Lipinski definition) is 1. The van der Waals surface area contributed by atoms with Crippen molar-refractivity contribution >= 4 is 44.5 Å². The van der Waals surface area contributed by atoms with Crippen LogP contribution in [0.4, 0.5) is 5.69 Å². The lowest BCUT2D eigenvalue weighted by Crippen LogP contribution is -2.33. The number of amides is 2. The van der Waals surface area contributed by atoms with Gasteiger partial charge in [0.25, 0.3) is 0 Å². The lowest BCUT2D eigenvalue weighted by Gasteiger charge is -2.17. The van der Waals surface area contributed by atoms with E-state index in [2.05, 4.69) is 30.8 Å². The summed E-state index contributed by atoms with van der Waals surface area (Å²) in [6.07, 6.45) is 4.87. The Kier molecular flexibility index (Phi) is 5.43. The summed E-state index contributed by atoms with van der Waals surface area (Å²) in [5, 5.41) is 4.09. The van der Waals surface area contributed by atoms with Crippen LogP contribution >= 0.6 is 15.9 Å². The fraction of sp³-hybridized carbons (Fsp3) is 0.286. The molecule has 1 N–H and O–H groups in total. The Labute approximate surface area is 171 Å². The molecule has 0 radical (unpaired) electrons. The minimum atomic E-state index is -0.305. The van der Waals surface area contributed by atoms with Crippen LogP contribution in [0.25, 0.3) is 11.0 Å². The third-order valence-electron chi connectivity index (χ3n) is 5.01. The van der Waals surface area contributed by atoms with Crippen molar-refractivity contribution in [1.82, 2.24) is 14.9 Å². The number of pyridine rings is 1. The molecule has 1 saturated heterocycles. The van der Waals surface area contributed by atoms with E-state index in [9.17, 15) is 9.59 Å². The van der Waals surface area contributed by atoms with Crippen LogP contribution in [0, 0.1) is 5.92 Å². The van der Waals surface area contributed by atoms with Crippen LogP contribution in [-0.2, 0) is 16.1 Å². The Morgan fingerprint density at radius 1 is 1.25 bits per heavy atom. The molecule has 3 heterocycles.